The van der Waals surface area contributed by atoms with Crippen LogP contribution in [0.4, 0.5) is 0 Å². The van der Waals surface area contributed by atoms with Crippen molar-refractivity contribution >= 4 is 11.9 Å². The van der Waals surface area contributed by atoms with E-state index in [1.807, 2.05) is 0 Å². The second-order valence-electron chi connectivity index (χ2n) is 4.53. The van der Waals surface area contributed by atoms with Gasteiger partial charge in [-0.3, -0.25) is 9.59 Å². The maximum Gasteiger partial charge on any atom is 0.315 e. The number of amides is 1. The van der Waals surface area contributed by atoms with Crippen molar-refractivity contribution in [3.63, 3.8) is 0 Å². The molecule has 1 aliphatic heterocycles. The fourth-order valence-electron chi connectivity index (χ4n) is 2.28. The Morgan fingerprint density at radius 2 is 2.12 bits per heavy atom. The number of hydrogen-bond acceptors (Lipinski definition) is 2. The van der Waals surface area contributed by atoms with Crippen LogP contribution in [0.5, 0.6) is 0 Å². The molecule has 1 amide bonds. The average molecular weight is 227 g/mol. The van der Waals surface area contributed by atoms with E-state index in [4.69, 9.17) is 5.11 Å². The number of carbonyl (C=O) groups excluding carboxylic acids is 1. The van der Waals surface area contributed by atoms with Crippen LogP contribution in [0, 0.1) is 5.92 Å². The van der Waals surface area contributed by atoms with Crippen LogP contribution < -0.4 is 0 Å². The number of hydrogen-bond donors (Lipinski definition) is 1. The molecular weight excluding hydrogens is 206 g/mol. The fraction of sp³-hybridized carbons (Fsp3) is 0.833. The average Bonchev–Trinajstić information content (AvgIpc) is 2.28. The molecule has 4 nitrogen and oxygen atoms in total. The predicted molar refractivity (Wildman–Crippen MR) is 61.1 cm³/mol. The summed E-state index contributed by atoms with van der Waals surface area (Å²) in [4.78, 5) is 24.6. The highest BCUT2D eigenvalue weighted by atomic mass is 16.4. The number of carboxylic acid groups (broad SMARTS) is 1. The van der Waals surface area contributed by atoms with E-state index in [2.05, 4.69) is 6.92 Å². The van der Waals surface area contributed by atoms with Gasteiger partial charge in [0.05, 0.1) is 0 Å². The third-order valence-corrected chi connectivity index (χ3v) is 3.27. The van der Waals surface area contributed by atoms with E-state index in [-0.39, 0.29) is 11.9 Å². The molecule has 0 saturated carbocycles. The van der Waals surface area contributed by atoms with Gasteiger partial charge in [-0.25, -0.2) is 0 Å². The van der Waals surface area contributed by atoms with Crippen LogP contribution in [-0.4, -0.2) is 34.5 Å². The molecule has 92 valence electrons. The first kappa shape index (κ1) is 13.0. The Kier molecular flexibility index (Phi) is 4.77. The van der Waals surface area contributed by atoms with Crippen LogP contribution in [0.1, 0.15) is 46.0 Å². The SMILES string of the molecule is CCCC1CCCCN1C(=O)C(C)C(=O)O. The minimum absolute atomic E-state index is 0.217. The molecule has 1 fully saturated rings. The van der Waals surface area contributed by atoms with E-state index in [0.29, 0.717) is 0 Å². The van der Waals surface area contributed by atoms with Crippen molar-refractivity contribution in [2.45, 2.75) is 52.0 Å². The second kappa shape index (κ2) is 5.87. The summed E-state index contributed by atoms with van der Waals surface area (Å²) in [5.74, 6) is -2.14. The molecule has 4 heteroatoms. The van der Waals surface area contributed by atoms with E-state index >= 15 is 0 Å². The molecule has 1 heterocycles. The number of carbonyl (C=O) groups is 2. The highest BCUT2D eigenvalue weighted by Gasteiger charge is 2.31. The van der Waals surface area contributed by atoms with E-state index in [0.717, 1.165) is 38.6 Å². The van der Waals surface area contributed by atoms with Gasteiger partial charge >= 0.3 is 5.97 Å². The molecule has 0 spiro atoms. The molecule has 0 aromatic rings. The van der Waals surface area contributed by atoms with Crippen LogP contribution in [0.2, 0.25) is 0 Å². The maximum absolute atomic E-state index is 12.0. The molecule has 2 atom stereocenters. The summed E-state index contributed by atoms with van der Waals surface area (Å²) in [6.07, 6.45) is 5.19. The molecule has 0 aliphatic carbocycles. The minimum atomic E-state index is -1.02. The third kappa shape index (κ3) is 2.97. The number of piperidine rings is 1. The molecule has 0 radical (unpaired) electrons. The highest BCUT2D eigenvalue weighted by molar-refractivity contribution is 5.96. The molecule has 16 heavy (non-hydrogen) atoms. The van der Waals surface area contributed by atoms with Crippen LogP contribution in [-0.2, 0) is 9.59 Å². The fourth-order valence-corrected chi connectivity index (χ4v) is 2.28. The summed E-state index contributed by atoms with van der Waals surface area (Å²) < 4.78 is 0. The molecule has 1 rings (SSSR count). The van der Waals surface area contributed by atoms with Crippen LogP contribution >= 0.6 is 0 Å². The summed E-state index contributed by atoms with van der Waals surface area (Å²) in [5.41, 5.74) is 0. The zero-order chi connectivity index (χ0) is 12.1. The molecule has 1 aliphatic rings. The second-order valence-corrected chi connectivity index (χ2v) is 4.53. The summed E-state index contributed by atoms with van der Waals surface area (Å²) in [5, 5.41) is 8.85. The predicted octanol–water partition coefficient (Wildman–Crippen LogP) is 1.89. The van der Waals surface area contributed by atoms with Crippen molar-refractivity contribution in [1.82, 2.24) is 4.90 Å². The monoisotopic (exact) mass is 227 g/mol. The Hall–Kier alpha value is -1.06. The molecule has 0 bridgehead atoms. The largest absolute Gasteiger partial charge is 0.481 e. The minimum Gasteiger partial charge on any atom is -0.481 e. The van der Waals surface area contributed by atoms with Crippen molar-refractivity contribution in [1.29, 1.82) is 0 Å². The van der Waals surface area contributed by atoms with Crippen molar-refractivity contribution < 1.29 is 14.7 Å². The van der Waals surface area contributed by atoms with Gasteiger partial charge < -0.3 is 10.0 Å². The summed E-state index contributed by atoms with van der Waals surface area (Å²) in [7, 11) is 0. The summed E-state index contributed by atoms with van der Waals surface area (Å²) >= 11 is 0. The van der Waals surface area contributed by atoms with Gasteiger partial charge in [-0.05, 0) is 32.6 Å². The number of carboxylic acids is 1. The standard InChI is InChI=1S/C12H21NO3/c1-3-6-10-7-4-5-8-13(10)11(14)9(2)12(15)16/h9-10H,3-8H2,1-2H3,(H,15,16). The topological polar surface area (TPSA) is 57.6 Å². The van der Waals surface area contributed by atoms with Crippen molar-refractivity contribution in [3.8, 4) is 0 Å². The van der Waals surface area contributed by atoms with Gasteiger partial charge in [-0.15, -0.1) is 0 Å². The van der Waals surface area contributed by atoms with Gasteiger partial charge in [-0.1, -0.05) is 13.3 Å². The Bertz CT molecular complexity index is 263. The van der Waals surface area contributed by atoms with E-state index in [1.54, 1.807) is 4.90 Å². The Balaban J connectivity index is 2.67. The lowest BCUT2D eigenvalue weighted by molar-refractivity contribution is -0.152. The van der Waals surface area contributed by atoms with Crippen molar-refractivity contribution in [2.24, 2.45) is 5.92 Å². The van der Waals surface area contributed by atoms with Gasteiger partial charge in [0.15, 0.2) is 0 Å². The van der Waals surface area contributed by atoms with Gasteiger partial charge in [0.25, 0.3) is 0 Å². The van der Waals surface area contributed by atoms with Gasteiger partial charge in [0.2, 0.25) is 5.91 Å². The molecule has 1 N–H and O–H groups in total. The normalized spacial score (nSPS) is 22.9. The van der Waals surface area contributed by atoms with E-state index < -0.39 is 11.9 Å². The zero-order valence-corrected chi connectivity index (χ0v) is 10.1. The Labute approximate surface area is 96.6 Å². The highest BCUT2D eigenvalue weighted by Crippen LogP contribution is 2.22. The lowest BCUT2D eigenvalue weighted by Crippen LogP contribution is -2.47. The van der Waals surface area contributed by atoms with E-state index in [9.17, 15) is 9.59 Å². The first-order valence-electron chi connectivity index (χ1n) is 6.11. The first-order chi connectivity index (χ1) is 7.57. The molecule has 0 aromatic carbocycles. The Morgan fingerprint density at radius 1 is 1.44 bits per heavy atom. The van der Waals surface area contributed by atoms with Crippen LogP contribution in [0.3, 0.4) is 0 Å². The van der Waals surface area contributed by atoms with Gasteiger partial charge in [0.1, 0.15) is 5.92 Å². The van der Waals surface area contributed by atoms with Crippen LogP contribution in [0.15, 0.2) is 0 Å². The quantitative estimate of drug-likeness (QED) is 0.746. The van der Waals surface area contributed by atoms with E-state index in [1.165, 1.54) is 6.92 Å². The number of rotatable bonds is 4. The smallest absolute Gasteiger partial charge is 0.315 e. The Morgan fingerprint density at radius 3 is 2.69 bits per heavy atom. The van der Waals surface area contributed by atoms with Crippen molar-refractivity contribution in [3.05, 3.63) is 0 Å². The molecular formula is C12H21NO3. The maximum atomic E-state index is 12.0. The summed E-state index contributed by atoms with van der Waals surface area (Å²) in [6, 6.07) is 0.257. The van der Waals surface area contributed by atoms with Gasteiger partial charge in [0, 0.05) is 12.6 Å². The number of likely N-dealkylation sites (tertiary alicyclic amines) is 1. The van der Waals surface area contributed by atoms with Gasteiger partial charge in [-0.2, -0.15) is 0 Å². The molecule has 1 saturated heterocycles. The molecule has 2 unspecified atom stereocenters. The molecule has 0 aromatic heterocycles. The number of nitrogens with zero attached hydrogens (tertiary/aromatic N) is 1. The van der Waals surface area contributed by atoms with Crippen molar-refractivity contribution in [2.75, 3.05) is 6.54 Å². The number of aliphatic carboxylic acids is 1. The summed E-state index contributed by atoms with van der Waals surface area (Å²) in [6.45, 7) is 4.29. The lowest BCUT2D eigenvalue weighted by atomic mass is 9.96. The third-order valence-electron chi connectivity index (χ3n) is 3.27. The lowest BCUT2D eigenvalue weighted by Gasteiger charge is -2.36. The van der Waals surface area contributed by atoms with Crippen LogP contribution in [0.25, 0.3) is 0 Å². The first-order valence-corrected chi connectivity index (χ1v) is 6.11. The zero-order valence-electron chi connectivity index (χ0n) is 10.1.